The first-order valence-corrected chi connectivity index (χ1v) is 5.80. The zero-order valence-electron chi connectivity index (χ0n) is 9.38. The van der Waals surface area contributed by atoms with E-state index in [9.17, 15) is 4.39 Å². The molecule has 0 amide bonds. The number of aromatic nitrogens is 2. The minimum absolute atomic E-state index is 0.220. The van der Waals surface area contributed by atoms with E-state index in [1.165, 1.54) is 6.07 Å². The van der Waals surface area contributed by atoms with Crippen molar-refractivity contribution in [3.8, 4) is 11.4 Å². The van der Waals surface area contributed by atoms with Crippen LogP contribution in [0.1, 0.15) is 18.9 Å². The highest BCUT2D eigenvalue weighted by molar-refractivity contribution is 5.56. The lowest BCUT2D eigenvalue weighted by atomic mass is 10.2. The highest BCUT2D eigenvalue weighted by Gasteiger charge is 2.17. The van der Waals surface area contributed by atoms with Crippen LogP contribution < -0.4 is 0 Å². The molecule has 1 aromatic carbocycles. The van der Waals surface area contributed by atoms with Gasteiger partial charge >= 0.3 is 0 Å². The van der Waals surface area contributed by atoms with Crippen molar-refractivity contribution in [2.24, 2.45) is 0 Å². The molecule has 2 aromatic rings. The molecule has 0 saturated carbocycles. The fourth-order valence-corrected chi connectivity index (χ4v) is 2.28. The fraction of sp³-hybridized carbons (Fsp3) is 0.214. The van der Waals surface area contributed by atoms with E-state index in [4.69, 9.17) is 0 Å². The summed E-state index contributed by atoms with van der Waals surface area (Å²) in [7, 11) is 0. The minimum atomic E-state index is -0.220. The van der Waals surface area contributed by atoms with Gasteiger partial charge < -0.3 is 4.57 Å². The first-order chi connectivity index (χ1) is 8.36. The van der Waals surface area contributed by atoms with Crippen molar-refractivity contribution >= 4 is 0 Å². The molecule has 0 radical (unpaired) electrons. The van der Waals surface area contributed by atoms with Gasteiger partial charge in [-0.2, -0.15) is 0 Å². The Kier molecular flexibility index (Phi) is 2.52. The first-order valence-electron chi connectivity index (χ1n) is 5.80. The average molecular weight is 228 g/mol. The third-order valence-electron chi connectivity index (χ3n) is 3.13. The van der Waals surface area contributed by atoms with Crippen LogP contribution >= 0.6 is 0 Å². The standard InChI is InChI=1S/C14H13FN2/c15-13-8-4-3-7-12(13)14-16-9-10-17(14)11-5-1-2-6-11/h1,3-5,7-11H,2,6H2. The summed E-state index contributed by atoms with van der Waals surface area (Å²) in [6.07, 6.45) is 10.1. The summed E-state index contributed by atoms with van der Waals surface area (Å²) in [4.78, 5) is 4.28. The number of allylic oxidation sites excluding steroid dienone is 2. The van der Waals surface area contributed by atoms with Crippen LogP contribution in [0.15, 0.2) is 48.8 Å². The van der Waals surface area contributed by atoms with Crippen LogP contribution in [0.2, 0.25) is 0 Å². The Balaban J connectivity index is 2.07. The molecule has 1 aromatic heterocycles. The van der Waals surface area contributed by atoms with E-state index in [0.29, 0.717) is 17.4 Å². The fourth-order valence-electron chi connectivity index (χ4n) is 2.28. The van der Waals surface area contributed by atoms with Gasteiger partial charge in [0.1, 0.15) is 11.6 Å². The average Bonchev–Trinajstić information content (AvgIpc) is 3.00. The number of nitrogens with zero attached hydrogens (tertiary/aromatic N) is 2. The number of rotatable bonds is 2. The predicted molar refractivity (Wildman–Crippen MR) is 65.0 cm³/mol. The molecule has 1 atom stereocenters. The molecule has 0 bridgehead atoms. The van der Waals surface area contributed by atoms with Gasteiger partial charge in [0.2, 0.25) is 0 Å². The van der Waals surface area contributed by atoms with Gasteiger partial charge in [-0.3, -0.25) is 0 Å². The third kappa shape index (κ3) is 1.78. The summed E-state index contributed by atoms with van der Waals surface area (Å²) in [5.74, 6) is 0.488. The summed E-state index contributed by atoms with van der Waals surface area (Å²) >= 11 is 0. The molecule has 17 heavy (non-hydrogen) atoms. The molecule has 1 aliphatic carbocycles. The lowest BCUT2D eigenvalue weighted by Gasteiger charge is -2.13. The van der Waals surface area contributed by atoms with E-state index in [1.54, 1.807) is 18.3 Å². The molecule has 1 heterocycles. The Labute approximate surface area is 99.4 Å². The van der Waals surface area contributed by atoms with E-state index in [2.05, 4.69) is 17.1 Å². The molecule has 3 rings (SSSR count). The zero-order valence-corrected chi connectivity index (χ0v) is 9.38. The number of hydrogen-bond donors (Lipinski definition) is 0. The smallest absolute Gasteiger partial charge is 0.143 e. The summed E-state index contributed by atoms with van der Waals surface area (Å²) in [6.45, 7) is 0. The molecule has 0 spiro atoms. The molecule has 0 fully saturated rings. The van der Waals surface area contributed by atoms with Gasteiger partial charge in [0, 0.05) is 12.4 Å². The first kappa shape index (κ1) is 10.3. The molecule has 1 unspecified atom stereocenters. The highest BCUT2D eigenvalue weighted by atomic mass is 19.1. The van der Waals surface area contributed by atoms with E-state index < -0.39 is 0 Å². The Morgan fingerprint density at radius 1 is 1.29 bits per heavy atom. The zero-order chi connectivity index (χ0) is 11.7. The minimum Gasteiger partial charge on any atom is -0.324 e. The normalized spacial score (nSPS) is 18.8. The molecular formula is C14H13FN2. The van der Waals surface area contributed by atoms with Gasteiger partial charge in [-0.05, 0) is 25.0 Å². The van der Waals surface area contributed by atoms with Gasteiger partial charge in [0.25, 0.3) is 0 Å². The highest BCUT2D eigenvalue weighted by Crippen LogP contribution is 2.29. The largest absolute Gasteiger partial charge is 0.324 e. The van der Waals surface area contributed by atoms with Crippen molar-refractivity contribution in [2.75, 3.05) is 0 Å². The van der Waals surface area contributed by atoms with Crippen LogP contribution in [-0.4, -0.2) is 9.55 Å². The van der Waals surface area contributed by atoms with Crippen molar-refractivity contribution in [3.05, 3.63) is 54.6 Å². The molecule has 86 valence electrons. The molecule has 1 aliphatic rings. The molecule has 0 N–H and O–H groups in total. The lowest BCUT2D eigenvalue weighted by molar-refractivity contribution is 0.588. The van der Waals surface area contributed by atoms with Crippen LogP contribution in [0.4, 0.5) is 4.39 Å². The van der Waals surface area contributed by atoms with Crippen molar-refractivity contribution in [1.29, 1.82) is 0 Å². The maximum Gasteiger partial charge on any atom is 0.143 e. The molecule has 0 aliphatic heterocycles. The Morgan fingerprint density at radius 2 is 2.18 bits per heavy atom. The summed E-state index contributed by atoms with van der Waals surface area (Å²) in [5, 5.41) is 0. The number of benzene rings is 1. The van der Waals surface area contributed by atoms with Crippen LogP contribution in [-0.2, 0) is 0 Å². The van der Waals surface area contributed by atoms with E-state index in [0.717, 1.165) is 12.8 Å². The van der Waals surface area contributed by atoms with Crippen molar-refractivity contribution in [2.45, 2.75) is 18.9 Å². The van der Waals surface area contributed by atoms with Gasteiger partial charge in [0.05, 0.1) is 11.6 Å². The van der Waals surface area contributed by atoms with Crippen LogP contribution in [0.3, 0.4) is 0 Å². The Morgan fingerprint density at radius 3 is 2.94 bits per heavy atom. The van der Waals surface area contributed by atoms with Crippen molar-refractivity contribution < 1.29 is 4.39 Å². The van der Waals surface area contributed by atoms with Crippen LogP contribution in [0.5, 0.6) is 0 Å². The maximum atomic E-state index is 13.7. The lowest BCUT2D eigenvalue weighted by Crippen LogP contribution is -2.05. The predicted octanol–water partition coefficient (Wildman–Crippen LogP) is 3.58. The van der Waals surface area contributed by atoms with E-state index in [1.807, 2.05) is 16.8 Å². The van der Waals surface area contributed by atoms with Gasteiger partial charge in [-0.1, -0.05) is 24.3 Å². The third-order valence-corrected chi connectivity index (χ3v) is 3.13. The number of imidazole rings is 1. The van der Waals surface area contributed by atoms with E-state index >= 15 is 0 Å². The SMILES string of the molecule is Fc1ccccc1-c1nccn1C1C=CCC1. The topological polar surface area (TPSA) is 17.8 Å². The summed E-state index contributed by atoms with van der Waals surface area (Å²) in [6, 6.07) is 7.09. The monoisotopic (exact) mass is 228 g/mol. The van der Waals surface area contributed by atoms with Crippen molar-refractivity contribution in [1.82, 2.24) is 9.55 Å². The summed E-state index contributed by atoms with van der Waals surface area (Å²) in [5.41, 5.74) is 0.567. The molecule has 0 saturated heterocycles. The van der Waals surface area contributed by atoms with Crippen LogP contribution in [0.25, 0.3) is 11.4 Å². The number of halogens is 1. The second-order valence-corrected chi connectivity index (χ2v) is 4.21. The molecular weight excluding hydrogens is 215 g/mol. The van der Waals surface area contributed by atoms with Crippen molar-refractivity contribution in [3.63, 3.8) is 0 Å². The second kappa shape index (κ2) is 4.17. The Bertz CT molecular complexity index is 557. The Hall–Kier alpha value is -1.90. The van der Waals surface area contributed by atoms with Gasteiger partial charge in [-0.25, -0.2) is 9.37 Å². The maximum absolute atomic E-state index is 13.7. The second-order valence-electron chi connectivity index (χ2n) is 4.21. The van der Waals surface area contributed by atoms with Crippen LogP contribution in [0, 0.1) is 5.82 Å². The molecule has 3 heteroatoms. The molecule has 2 nitrogen and oxygen atoms in total. The van der Waals surface area contributed by atoms with Gasteiger partial charge in [0.15, 0.2) is 0 Å². The number of hydrogen-bond acceptors (Lipinski definition) is 1. The van der Waals surface area contributed by atoms with Gasteiger partial charge in [-0.15, -0.1) is 0 Å². The van der Waals surface area contributed by atoms with E-state index in [-0.39, 0.29) is 5.82 Å². The summed E-state index contributed by atoms with van der Waals surface area (Å²) < 4.78 is 15.8. The quantitative estimate of drug-likeness (QED) is 0.718.